The maximum atomic E-state index is 12.1. The number of nitro groups is 2. The average Bonchev–Trinajstić information content (AvgIpc) is 2.60. The molecular formula is C14H11N5O5S. The Balaban J connectivity index is 1.95. The minimum absolute atomic E-state index is 0.0715. The number of para-hydroxylation sites is 1. The highest BCUT2D eigenvalue weighted by Crippen LogP contribution is 2.17. The maximum absolute atomic E-state index is 12.1. The second kappa shape index (κ2) is 7.79. The van der Waals surface area contributed by atoms with Crippen LogP contribution in [0, 0.1) is 20.2 Å². The summed E-state index contributed by atoms with van der Waals surface area (Å²) >= 11 is 4.92. The lowest BCUT2D eigenvalue weighted by Crippen LogP contribution is -2.42. The van der Waals surface area contributed by atoms with E-state index in [9.17, 15) is 25.0 Å². The first kappa shape index (κ1) is 17.7. The number of amides is 1. The van der Waals surface area contributed by atoms with Crippen LogP contribution >= 0.6 is 12.2 Å². The fourth-order valence-electron chi connectivity index (χ4n) is 1.82. The van der Waals surface area contributed by atoms with Crippen LogP contribution in [-0.2, 0) is 0 Å². The van der Waals surface area contributed by atoms with E-state index in [-0.39, 0.29) is 22.1 Å². The van der Waals surface area contributed by atoms with Crippen LogP contribution in [0.25, 0.3) is 0 Å². The van der Waals surface area contributed by atoms with E-state index in [4.69, 9.17) is 12.2 Å². The van der Waals surface area contributed by atoms with Gasteiger partial charge in [-0.2, -0.15) is 0 Å². The molecule has 2 aromatic rings. The second-order valence-corrected chi connectivity index (χ2v) is 5.02. The van der Waals surface area contributed by atoms with Crippen LogP contribution in [-0.4, -0.2) is 20.9 Å². The number of non-ortho nitro benzene ring substituents is 1. The molecule has 11 heteroatoms. The van der Waals surface area contributed by atoms with Crippen LogP contribution < -0.4 is 16.2 Å². The fourth-order valence-corrected chi connectivity index (χ4v) is 1.97. The summed E-state index contributed by atoms with van der Waals surface area (Å²) in [6, 6.07) is 10.9. The van der Waals surface area contributed by atoms with Crippen LogP contribution in [0.3, 0.4) is 0 Å². The zero-order valence-electron chi connectivity index (χ0n) is 12.5. The lowest BCUT2D eigenvalue weighted by Gasteiger charge is -2.11. The molecule has 0 heterocycles. The van der Waals surface area contributed by atoms with Gasteiger partial charge in [0.1, 0.15) is 5.56 Å². The molecule has 0 spiro atoms. The fraction of sp³-hybridized carbons (Fsp3) is 0. The Kier molecular flexibility index (Phi) is 5.53. The summed E-state index contributed by atoms with van der Waals surface area (Å²) in [6.07, 6.45) is 0. The topological polar surface area (TPSA) is 139 Å². The van der Waals surface area contributed by atoms with Gasteiger partial charge in [0.2, 0.25) is 0 Å². The predicted molar refractivity (Wildman–Crippen MR) is 93.0 cm³/mol. The number of nitrogens with zero attached hydrogens (tertiary/aromatic N) is 2. The Morgan fingerprint density at radius 2 is 1.60 bits per heavy atom. The van der Waals surface area contributed by atoms with Crippen LogP contribution in [0.5, 0.6) is 0 Å². The number of benzene rings is 2. The smallest absolute Gasteiger partial charge is 0.282 e. The highest BCUT2D eigenvalue weighted by atomic mass is 32.1. The van der Waals surface area contributed by atoms with Gasteiger partial charge in [0.05, 0.1) is 15.5 Å². The van der Waals surface area contributed by atoms with Crippen molar-refractivity contribution >= 4 is 40.3 Å². The molecule has 25 heavy (non-hydrogen) atoms. The van der Waals surface area contributed by atoms with Gasteiger partial charge < -0.3 is 0 Å². The zero-order chi connectivity index (χ0) is 18.4. The quantitative estimate of drug-likeness (QED) is 0.418. The molecule has 0 radical (unpaired) electrons. The summed E-state index contributed by atoms with van der Waals surface area (Å²) in [5.74, 6) is -0.740. The van der Waals surface area contributed by atoms with Crippen LogP contribution in [0.1, 0.15) is 10.4 Å². The summed E-state index contributed by atoms with van der Waals surface area (Å²) in [6.45, 7) is 0. The van der Waals surface area contributed by atoms with Crippen LogP contribution in [0.2, 0.25) is 0 Å². The van der Waals surface area contributed by atoms with Crippen molar-refractivity contribution in [3.8, 4) is 0 Å². The van der Waals surface area contributed by atoms with Gasteiger partial charge in [-0.25, -0.2) is 0 Å². The van der Waals surface area contributed by atoms with Gasteiger partial charge in [0.25, 0.3) is 17.3 Å². The SMILES string of the molecule is O=C(NC(=S)NNc1ccc([N+](=O)[O-])cc1)c1ccccc1[N+](=O)[O-]. The number of nitro benzene ring substituents is 2. The van der Waals surface area contributed by atoms with Crippen molar-refractivity contribution in [1.82, 2.24) is 10.7 Å². The molecule has 0 unspecified atom stereocenters. The van der Waals surface area contributed by atoms with Gasteiger partial charge in [-0.1, -0.05) is 12.1 Å². The van der Waals surface area contributed by atoms with E-state index in [0.717, 1.165) is 0 Å². The zero-order valence-corrected chi connectivity index (χ0v) is 13.3. The summed E-state index contributed by atoms with van der Waals surface area (Å²) in [7, 11) is 0. The van der Waals surface area contributed by atoms with Crippen molar-refractivity contribution in [3.63, 3.8) is 0 Å². The third kappa shape index (κ3) is 4.68. The van der Waals surface area contributed by atoms with E-state index in [2.05, 4.69) is 16.2 Å². The van der Waals surface area contributed by atoms with Gasteiger partial charge in [-0.15, -0.1) is 0 Å². The van der Waals surface area contributed by atoms with E-state index in [1.54, 1.807) is 0 Å². The third-order valence-electron chi connectivity index (χ3n) is 2.97. The Hall–Kier alpha value is -3.60. The number of hydrogen-bond acceptors (Lipinski definition) is 7. The number of nitrogens with one attached hydrogen (secondary N) is 3. The summed E-state index contributed by atoms with van der Waals surface area (Å²) in [4.78, 5) is 32.3. The molecule has 0 aromatic heterocycles. The molecule has 0 bridgehead atoms. The lowest BCUT2D eigenvalue weighted by atomic mass is 10.1. The van der Waals surface area contributed by atoms with Gasteiger partial charge in [0.15, 0.2) is 5.11 Å². The van der Waals surface area contributed by atoms with E-state index in [1.165, 1.54) is 48.5 Å². The molecule has 3 N–H and O–H groups in total. The van der Waals surface area contributed by atoms with Crippen molar-refractivity contribution < 1.29 is 14.6 Å². The Morgan fingerprint density at radius 3 is 2.20 bits per heavy atom. The Morgan fingerprint density at radius 1 is 0.960 bits per heavy atom. The van der Waals surface area contributed by atoms with E-state index < -0.39 is 15.8 Å². The number of hydrogen-bond donors (Lipinski definition) is 3. The normalized spacial score (nSPS) is 9.76. The van der Waals surface area contributed by atoms with Crippen molar-refractivity contribution in [1.29, 1.82) is 0 Å². The Labute approximate surface area is 146 Å². The third-order valence-corrected chi connectivity index (χ3v) is 3.18. The van der Waals surface area contributed by atoms with Crippen LogP contribution in [0.15, 0.2) is 48.5 Å². The molecule has 0 saturated carbocycles. The number of rotatable bonds is 5. The highest BCUT2D eigenvalue weighted by Gasteiger charge is 2.19. The molecule has 0 atom stereocenters. The lowest BCUT2D eigenvalue weighted by molar-refractivity contribution is -0.385. The van der Waals surface area contributed by atoms with Crippen molar-refractivity contribution in [2.24, 2.45) is 0 Å². The molecule has 10 nitrogen and oxygen atoms in total. The predicted octanol–water partition coefficient (Wildman–Crippen LogP) is 2.13. The Bertz CT molecular complexity index is 840. The second-order valence-electron chi connectivity index (χ2n) is 4.61. The molecule has 0 saturated heterocycles. The summed E-state index contributed by atoms with van der Waals surface area (Å²) < 4.78 is 0. The van der Waals surface area contributed by atoms with Gasteiger partial charge in [0, 0.05) is 18.2 Å². The molecule has 128 valence electrons. The van der Waals surface area contributed by atoms with Crippen molar-refractivity contribution in [2.45, 2.75) is 0 Å². The average molecular weight is 361 g/mol. The largest absolute Gasteiger partial charge is 0.299 e. The molecule has 0 fully saturated rings. The standard InChI is InChI=1S/C14H11N5O5S/c20-13(11-3-1-2-4-12(11)19(23)24)15-14(25)17-16-9-5-7-10(8-6-9)18(21)22/h1-8,16H,(H2,15,17,20,25). The maximum Gasteiger partial charge on any atom is 0.282 e. The van der Waals surface area contributed by atoms with E-state index in [0.29, 0.717) is 5.69 Å². The molecule has 2 rings (SSSR count). The minimum atomic E-state index is -0.740. The van der Waals surface area contributed by atoms with Crippen molar-refractivity contribution in [2.75, 3.05) is 5.43 Å². The van der Waals surface area contributed by atoms with Gasteiger partial charge in [-0.05, 0) is 30.4 Å². The first-order valence-electron chi connectivity index (χ1n) is 6.73. The van der Waals surface area contributed by atoms with Gasteiger partial charge in [-0.3, -0.25) is 41.2 Å². The monoisotopic (exact) mass is 361 g/mol. The highest BCUT2D eigenvalue weighted by molar-refractivity contribution is 7.80. The first-order valence-corrected chi connectivity index (χ1v) is 7.14. The van der Waals surface area contributed by atoms with Crippen LogP contribution in [0.4, 0.5) is 17.1 Å². The number of thiocarbonyl (C=S) groups is 1. The molecule has 0 aliphatic carbocycles. The number of hydrazine groups is 1. The number of carbonyl (C=O) groups is 1. The summed E-state index contributed by atoms with van der Waals surface area (Å²) in [5.41, 5.74) is 5.07. The summed E-state index contributed by atoms with van der Waals surface area (Å²) in [5, 5.41) is 23.7. The van der Waals surface area contributed by atoms with E-state index in [1.807, 2.05) is 0 Å². The molecule has 0 aliphatic heterocycles. The van der Waals surface area contributed by atoms with E-state index >= 15 is 0 Å². The molecular weight excluding hydrogens is 350 g/mol. The number of carbonyl (C=O) groups excluding carboxylic acids is 1. The first-order chi connectivity index (χ1) is 11.9. The number of anilines is 1. The molecule has 2 aromatic carbocycles. The molecule has 1 amide bonds. The molecule has 0 aliphatic rings. The minimum Gasteiger partial charge on any atom is -0.299 e. The van der Waals surface area contributed by atoms with Crippen molar-refractivity contribution in [3.05, 3.63) is 74.3 Å². The van der Waals surface area contributed by atoms with Gasteiger partial charge >= 0.3 is 0 Å².